The smallest absolute Gasteiger partial charge is 0.268 e. The molecular formula is C18H23N3O2. The molecule has 2 aromatic rings. The molecule has 2 rings (SSSR count). The van der Waals surface area contributed by atoms with Crippen molar-refractivity contribution in [1.29, 1.82) is 0 Å². The van der Waals surface area contributed by atoms with Gasteiger partial charge in [0.25, 0.3) is 5.91 Å². The Balaban J connectivity index is 2.29. The first kappa shape index (κ1) is 16.9. The Kier molecular flexibility index (Phi) is 5.32. The van der Waals surface area contributed by atoms with Gasteiger partial charge < -0.3 is 10.3 Å². The second-order valence-electron chi connectivity index (χ2n) is 5.76. The van der Waals surface area contributed by atoms with Crippen LogP contribution in [0.3, 0.4) is 0 Å². The van der Waals surface area contributed by atoms with Gasteiger partial charge in [-0.3, -0.25) is 14.6 Å². The van der Waals surface area contributed by atoms with Crippen LogP contribution in [0.2, 0.25) is 0 Å². The first-order valence-electron chi connectivity index (χ1n) is 7.88. The normalized spacial score (nSPS) is 12.0. The zero-order valence-corrected chi connectivity index (χ0v) is 14.1. The number of nitrogens with zero attached hydrogens (tertiary/aromatic N) is 1. The Labute approximate surface area is 136 Å². The van der Waals surface area contributed by atoms with Gasteiger partial charge in [0.2, 0.25) is 0 Å². The summed E-state index contributed by atoms with van der Waals surface area (Å²) in [6.07, 6.45) is 4.98. The highest BCUT2D eigenvalue weighted by Gasteiger charge is 2.23. The maximum absolute atomic E-state index is 12.6. The van der Waals surface area contributed by atoms with Crippen molar-refractivity contribution in [3.8, 4) is 0 Å². The molecule has 1 atom stereocenters. The summed E-state index contributed by atoms with van der Waals surface area (Å²) in [5.74, 6) is -0.197. The van der Waals surface area contributed by atoms with Crippen molar-refractivity contribution in [2.24, 2.45) is 0 Å². The van der Waals surface area contributed by atoms with E-state index in [0.717, 1.165) is 23.2 Å². The Morgan fingerprint density at radius 1 is 1.30 bits per heavy atom. The minimum absolute atomic E-state index is 0.0107. The largest absolute Gasteiger partial charge is 0.354 e. The maximum atomic E-state index is 12.6. The summed E-state index contributed by atoms with van der Waals surface area (Å²) in [5, 5.41) is 2.98. The van der Waals surface area contributed by atoms with E-state index < -0.39 is 0 Å². The van der Waals surface area contributed by atoms with E-state index in [4.69, 9.17) is 0 Å². The van der Waals surface area contributed by atoms with Crippen LogP contribution in [-0.2, 0) is 6.42 Å². The van der Waals surface area contributed by atoms with Crippen LogP contribution in [0.5, 0.6) is 0 Å². The lowest BCUT2D eigenvalue weighted by atomic mass is 10.0. The molecule has 0 aliphatic heterocycles. The maximum Gasteiger partial charge on any atom is 0.268 e. The summed E-state index contributed by atoms with van der Waals surface area (Å²) in [7, 11) is 0. The fourth-order valence-electron chi connectivity index (χ4n) is 2.85. The first-order chi connectivity index (χ1) is 11.0. The molecule has 0 saturated carbocycles. The molecule has 2 aromatic heterocycles. The number of H-pyrrole nitrogens is 1. The van der Waals surface area contributed by atoms with Crippen molar-refractivity contribution in [2.45, 2.75) is 46.6 Å². The molecule has 5 nitrogen and oxygen atoms in total. The Hall–Kier alpha value is -2.43. The van der Waals surface area contributed by atoms with Crippen molar-refractivity contribution < 1.29 is 9.59 Å². The van der Waals surface area contributed by atoms with Crippen molar-refractivity contribution in [3.05, 3.63) is 52.6 Å². The highest BCUT2D eigenvalue weighted by atomic mass is 16.2. The fraction of sp³-hybridized carbons (Fsp3) is 0.389. The number of hydrogen-bond donors (Lipinski definition) is 2. The molecule has 0 saturated heterocycles. The summed E-state index contributed by atoms with van der Waals surface area (Å²) < 4.78 is 0. The monoisotopic (exact) mass is 313 g/mol. The Morgan fingerprint density at radius 3 is 2.52 bits per heavy atom. The molecule has 0 spiro atoms. The second-order valence-corrected chi connectivity index (χ2v) is 5.76. The second kappa shape index (κ2) is 7.22. The van der Waals surface area contributed by atoms with Gasteiger partial charge in [0.1, 0.15) is 5.69 Å². The van der Waals surface area contributed by atoms with Crippen LogP contribution in [0.25, 0.3) is 0 Å². The van der Waals surface area contributed by atoms with Gasteiger partial charge in [-0.05, 0) is 50.5 Å². The Bertz CT molecular complexity index is 705. The van der Waals surface area contributed by atoms with Crippen LogP contribution in [0.4, 0.5) is 0 Å². The van der Waals surface area contributed by atoms with Crippen LogP contribution in [0, 0.1) is 6.92 Å². The van der Waals surface area contributed by atoms with E-state index in [1.54, 1.807) is 12.4 Å². The van der Waals surface area contributed by atoms with Crippen LogP contribution >= 0.6 is 0 Å². The minimum atomic E-state index is -0.187. The molecule has 1 unspecified atom stereocenters. The van der Waals surface area contributed by atoms with Gasteiger partial charge in [0, 0.05) is 23.7 Å². The molecule has 122 valence electrons. The van der Waals surface area contributed by atoms with Gasteiger partial charge in [-0.15, -0.1) is 0 Å². The minimum Gasteiger partial charge on any atom is -0.354 e. The third kappa shape index (κ3) is 3.67. The van der Waals surface area contributed by atoms with E-state index >= 15 is 0 Å². The molecule has 0 aliphatic rings. The van der Waals surface area contributed by atoms with Crippen LogP contribution in [-0.4, -0.2) is 21.7 Å². The summed E-state index contributed by atoms with van der Waals surface area (Å²) in [4.78, 5) is 31.6. The molecule has 0 aliphatic carbocycles. The number of rotatable bonds is 6. The summed E-state index contributed by atoms with van der Waals surface area (Å²) in [6.45, 7) is 7.33. The van der Waals surface area contributed by atoms with E-state index in [1.165, 1.54) is 6.92 Å². The van der Waals surface area contributed by atoms with Gasteiger partial charge in [0.05, 0.1) is 6.04 Å². The fourth-order valence-corrected chi connectivity index (χ4v) is 2.85. The lowest BCUT2D eigenvalue weighted by molar-refractivity contribution is 0.0934. The van der Waals surface area contributed by atoms with Gasteiger partial charge in [-0.1, -0.05) is 13.3 Å². The molecular weight excluding hydrogens is 290 g/mol. The summed E-state index contributed by atoms with van der Waals surface area (Å²) in [6, 6.07) is 3.61. The Morgan fingerprint density at radius 2 is 1.96 bits per heavy atom. The number of aromatic amines is 1. The molecule has 0 bridgehead atoms. The van der Waals surface area contributed by atoms with Crippen molar-refractivity contribution in [1.82, 2.24) is 15.3 Å². The number of aromatic nitrogens is 2. The SMILES string of the molecule is CCCc1c(C(=O)NC(C)c2ccncc2)[nH]c(C)c1C(C)=O. The van der Waals surface area contributed by atoms with Crippen LogP contribution in [0.1, 0.15) is 70.9 Å². The lowest BCUT2D eigenvalue weighted by Crippen LogP contribution is -2.28. The molecule has 0 fully saturated rings. The zero-order chi connectivity index (χ0) is 17.0. The number of pyridine rings is 1. The summed E-state index contributed by atoms with van der Waals surface area (Å²) >= 11 is 0. The standard InChI is InChI=1S/C18H23N3O2/c1-5-6-15-16(13(4)22)12(3)20-17(15)18(23)21-11(2)14-7-9-19-10-8-14/h7-11,20H,5-6H2,1-4H3,(H,21,23). The van der Waals surface area contributed by atoms with E-state index in [2.05, 4.69) is 15.3 Å². The van der Waals surface area contributed by atoms with E-state index in [9.17, 15) is 9.59 Å². The topological polar surface area (TPSA) is 74.8 Å². The molecule has 1 amide bonds. The van der Waals surface area contributed by atoms with E-state index in [-0.39, 0.29) is 17.7 Å². The molecule has 5 heteroatoms. The molecule has 23 heavy (non-hydrogen) atoms. The number of carbonyl (C=O) groups excluding carboxylic acids is 2. The number of hydrogen-bond acceptors (Lipinski definition) is 3. The highest BCUT2D eigenvalue weighted by Crippen LogP contribution is 2.22. The number of Topliss-reactive ketones (excluding diaryl/α,β-unsaturated/α-hetero) is 1. The van der Waals surface area contributed by atoms with Crippen molar-refractivity contribution in [2.75, 3.05) is 0 Å². The number of carbonyl (C=O) groups is 2. The van der Waals surface area contributed by atoms with Crippen LogP contribution < -0.4 is 5.32 Å². The van der Waals surface area contributed by atoms with Gasteiger partial charge >= 0.3 is 0 Å². The van der Waals surface area contributed by atoms with E-state index in [1.807, 2.05) is 32.9 Å². The van der Waals surface area contributed by atoms with Crippen molar-refractivity contribution in [3.63, 3.8) is 0 Å². The summed E-state index contributed by atoms with van der Waals surface area (Å²) in [5.41, 5.74) is 3.70. The van der Waals surface area contributed by atoms with Crippen molar-refractivity contribution >= 4 is 11.7 Å². The average Bonchev–Trinajstić information content (AvgIpc) is 2.85. The van der Waals surface area contributed by atoms with Gasteiger partial charge in [-0.2, -0.15) is 0 Å². The lowest BCUT2D eigenvalue weighted by Gasteiger charge is -2.14. The zero-order valence-electron chi connectivity index (χ0n) is 14.1. The van der Waals surface area contributed by atoms with E-state index in [0.29, 0.717) is 17.7 Å². The molecule has 0 radical (unpaired) electrons. The van der Waals surface area contributed by atoms with Gasteiger partial charge in [0.15, 0.2) is 5.78 Å². The predicted molar refractivity (Wildman–Crippen MR) is 89.6 cm³/mol. The number of amides is 1. The average molecular weight is 313 g/mol. The third-order valence-corrected chi connectivity index (χ3v) is 3.92. The highest BCUT2D eigenvalue weighted by molar-refractivity contribution is 6.02. The number of aryl methyl sites for hydroxylation is 1. The predicted octanol–water partition coefficient (Wildman–Crippen LogP) is 3.36. The van der Waals surface area contributed by atoms with Crippen LogP contribution in [0.15, 0.2) is 24.5 Å². The van der Waals surface area contributed by atoms with Gasteiger partial charge in [-0.25, -0.2) is 0 Å². The third-order valence-electron chi connectivity index (χ3n) is 3.92. The molecule has 2 N–H and O–H groups in total. The molecule has 0 aromatic carbocycles. The quantitative estimate of drug-likeness (QED) is 0.803. The molecule has 2 heterocycles. The number of ketones is 1. The first-order valence-corrected chi connectivity index (χ1v) is 7.88. The number of nitrogens with one attached hydrogen (secondary N) is 2.